The molecule has 1 aliphatic heterocycles. The topological polar surface area (TPSA) is 29.5 Å². The molecule has 1 amide bonds. The van der Waals surface area contributed by atoms with Gasteiger partial charge in [0.1, 0.15) is 0 Å². The van der Waals surface area contributed by atoms with E-state index < -0.39 is 0 Å². The molecule has 1 saturated heterocycles. The number of likely N-dealkylation sites (tertiary alicyclic amines) is 1. The molecule has 1 aliphatic carbocycles. The van der Waals surface area contributed by atoms with Crippen molar-refractivity contribution in [2.45, 2.75) is 31.9 Å². The van der Waals surface area contributed by atoms with Crippen LogP contribution in [0.15, 0.2) is 48.5 Å². The normalized spacial score (nSPS) is 19.9. The summed E-state index contributed by atoms with van der Waals surface area (Å²) in [6, 6.07) is 16.7. The van der Waals surface area contributed by atoms with Crippen molar-refractivity contribution in [3.8, 4) is 11.1 Å². The largest absolute Gasteiger partial charge is 0.436 e. The van der Waals surface area contributed by atoms with Crippen molar-refractivity contribution in [2.24, 2.45) is 0 Å². The number of hydrogen-bond donors (Lipinski definition) is 0. The Balaban J connectivity index is 1.68. The fourth-order valence-corrected chi connectivity index (χ4v) is 3.61. The minimum absolute atomic E-state index is 0.193. The molecule has 3 nitrogen and oxygen atoms in total. The third-order valence-corrected chi connectivity index (χ3v) is 4.78. The summed E-state index contributed by atoms with van der Waals surface area (Å²) in [5.41, 5.74) is 4.52. The second-order valence-corrected chi connectivity index (χ2v) is 6.12. The van der Waals surface area contributed by atoms with E-state index >= 15 is 0 Å². The van der Waals surface area contributed by atoms with E-state index in [0.717, 1.165) is 30.5 Å². The molecule has 112 valence electrons. The second-order valence-electron chi connectivity index (χ2n) is 6.12. The van der Waals surface area contributed by atoms with Crippen LogP contribution in [-0.4, -0.2) is 23.6 Å². The summed E-state index contributed by atoms with van der Waals surface area (Å²) >= 11 is 0. The number of rotatable bonds is 1. The first kappa shape index (κ1) is 13.4. The molecule has 0 bridgehead atoms. The average Bonchev–Trinajstić information content (AvgIpc) is 3.11. The van der Waals surface area contributed by atoms with Gasteiger partial charge in [0.2, 0.25) is 0 Å². The van der Waals surface area contributed by atoms with E-state index in [0.29, 0.717) is 0 Å². The lowest BCUT2D eigenvalue weighted by Gasteiger charge is -2.24. The standard InChI is InChI=1S/C19H19NO2/c1-13-7-6-12-20(13)19(21)22-18-16-10-4-2-8-14(16)15-9-3-5-11-17(15)18/h2-5,8-11,13,18H,6-7,12H2,1H3. The molecule has 0 aromatic heterocycles. The molecule has 1 unspecified atom stereocenters. The highest BCUT2D eigenvalue weighted by atomic mass is 16.6. The van der Waals surface area contributed by atoms with Crippen LogP contribution < -0.4 is 0 Å². The zero-order valence-electron chi connectivity index (χ0n) is 12.7. The Labute approximate surface area is 130 Å². The fourth-order valence-electron chi connectivity index (χ4n) is 3.61. The Kier molecular flexibility index (Phi) is 3.14. The van der Waals surface area contributed by atoms with Crippen LogP contribution in [0.2, 0.25) is 0 Å². The second kappa shape index (κ2) is 5.16. The van der Waals surface area contributed by atoms with E-state index in [9.17, 15) is 4.79 Å². The highest BCUT2D eigenvalue weighted by Crippen LogP contribution is 2.45. The minimum atomic E-state index is -0.285. The molecule has 2 aromatic rings. The predicted octanol–water partition coefficient (Wildman–Crippen LogP) is 4.38. The summed E-state index contributed by atoms with van der Waals surface area (Å²) in [4.78, 5) is 14.4. The predicted molar refractivity (Wildman–Crippen MR) is 85.6 cm³/mol. The Morgan fingerprint density at radius 1 is 1.05 bits per heavy atom. The van der Waals surface area contributed by atoms with Crippen molar-refractivity contribution < 1.29 is 9.53 Å². The SMILES string of the molecule is CC1CCCN1C(=O)OC1c2ccccc2-c2ccccc21. The molecule has 2 aliphatic rings. The summed E-state index contributed by atoms with van der Waals surface area (Å²) in [5, 5.41) is 0. The first-order valence-electron chi connectivity index (χ1n) is 7.91. The molecule has 0 saturated carbocycles. The van der Waals surface area contributed by atoms with Crippen molar-refractivity contribution in [1.29, 1.82) is 0 Å². The summed E-state index contributed by atoms with van der Waals surface area (Å²) in [6.45, 7) is 2.89. The number of amides is 1. The summed E-state index contributed by atoms with van der Waals surface area (Å²) in [7, 11) is 0. The number of benzene rings is 2. The van der Waals surface area contributed by atoms with Crippen molar-refractivity contribution in [2.75, 3.05) is 6.54 Å². The third kappa shape index (κ3) is 2.00. The fraction of sp³-hybridized carbons (Fsp3) is 0.316. The van der Waals surface area contributed by atoms with E-state index in [2.05, 4.69) is 31.2 Å². The van der Waals surface area contributed by atoms with E-state index in [-0.39, 0.29) is 18.2 Å². The zero-order chi connectivity index (χ0) is 15.1. The molecule has 0 spiro atoms. The molecule has 3 heteroatoms. The molecule has 4 rings (SSSR count). The van der Waals surface area contributed by atoms with Crippen LogP contribution in [0, 0.1) is 0 Å². The summed E-state index contributed by atoms with van der Waals surface area (Å²) < 4.78 is 5.91. The smallest absolute Gasteiger partial charge is 0.410 e. The molecule has 0 radical (unpaired) electrons. The van der Waals surface area contributed by atoms with Gasteiger partial charge in [-0.3, -0.25) is 0 Å². The van der Waals surface area contributed by atoms with Gasteiger partial charge in [-0.05, 0) is 30.9 Å². The van der Waals surface area contributed by atoms with Crippen LogP contribution >= 0.6 is 0 Å². The minimum Gasteiger partial charge on any atom is -0.436 e. The molecular weight excluding hydrogens is 274 g/mol. The number of nitrogens with zero attached hydrogens (tertiary/aromatic N) is 1. The third-order valence-electron chi connectivity index (χ3n) is 4.78. The van der Waals surface area contributed by atoms with Crippen molar-refractivity contribution in [1.82, 2.24) is 4.90 Å². The highest BCUT2D eigenvalue weighted by molar-refractivity contribution is 5.79. The number of carbonyl (C=O) groups is 1. The maximum absolute atomic E-state index is 12.5. The number of fused-ring (bicyclic) bond motifs is 3. The number of hydrogen-bond acceptors (Lipinski definition) is 2. The molecule has 0 N–H and O–H groups in total. The number of ether oxygens (including phenoxy) is 1. The number of carbonyl (C=O) groups excluding carboxylic acids is 1. The van der Waals surface area contributed by atoms with Gasteiger partial charge in [-0.1, -0.05) is 48.5 Å². The van der Waals surface area contributed by atoms with Crippen LogP contribution in [0.5, 0.6) is 0 Å². The van der Waals surface area contributed by atoms with Gasteiger partial charge in [0, 0.05) is 23.7 Å². The van der Waals surface area contributed by atoms with Gasteiger partial charge in [-0.2, -0.15) is 0 Å². The van der Waals surface area contributed by atoms with Gasteiger partial charge in [-0.15, -0.1) is 0 Å². The first-order valence-corrected chi connectivity index (χ1v) is 7.91. The van der Waals surface area contributed by atoms with Crippen LogP contribution in [-0.2, 0) is 4.74 Å². The quantitative estimate of drug-likeness (QED) is 0.781. The Morgan fingerprint density at radius 2 is 1.64 bits per heavy atom. The average molecular weight is 293 g/mol. The molecule has 1 atom stereocenters. The van der Waals surface area contributed by atoms with E-state index in [4.69, 9.17) is 4.74 Å². The molecule has 22 heavy (non-hydrogen) atoms. The summed E-state index contributed by atoms with van der Waals surface area (Å²) in [6.07, 6.45) is 1.65. The molecule has 2 aromatic carbocycles. The monoisotopic (exact) mass is 293 g/mol. The van der Waals surface area contributed by atoms with Gasteiger partial charge in [-0.25, -0.2) is 4.79 Å². The van der Waals surface area contributed by atoms with Gasteiger partial charge in [0.05, 0.1) is 0 Å². The maximum Gasteiger partial charge on any atom is 0.410 e. The Hall–Kier alpha value is -2.29. The van der Waals surface area contributed by atoms with Crippen LogP contribution in [0.3, 0.4) is 0 Å². The maximum atomic E-state index is 12.5. The first-order chi connectivity index (χ1) is 10.8. The summed E-state index contributed by atoms with van der Waals surface area (Å²) in [5.74, 6) is 0. The van der Waals surface area contributed by atoms with E-state index in [1.807, 2.05) is 29.2 Å². The van der Waals surface area contributed by atoms with Gasteiger partial charge < -0.3 is 9.64 Å². The van der Waals surface area contributed by atoms with Gasteiger partial charge in [0.25, 0.3) is 0 Å². The van der Waals surface area contributed by atoms with E-state index in [1.54, 1.807) is 0 Å². The lowest BCUT2D eigenvalue weighted by Crippen LogP contribution is -2.34. The lowest BCUT2D eigenvalue weighted by atomic mass is 10.1. The van der Waals surface area contributed by atoms with E-state index in [1.165, 1.54) is 11.1 Å². The van der Waals surface area contributed by atoms with Crippen LogP contribution in [0.4, 0.5) is 4.79 Å². The van der Waals surface area contributed by atoms with Crippen LogP contribution in [0.1, 0.15) is 37.0 Å². The molecule has 1 heterocycles. The lowest BCUT2D eigenvalue weighted by molar-refractivity contribution is 0.0772. The Morgan fingerprint density at radius 3 is 2.18 bits per heavy atom. The zero-order valence-corrected chi connectivity index (χ0v) is 12.7. The van der Waals surface area contributed by atoms with Crippen molar-refractivity contribution >= 4 is 6.09 Å². The van der Waals surface area contributed by atoms with Gasteiger partial charge >= 0.3 is 6.09 Å². The van der Waals surface area contributed by atoms with Gasteiger partial charge in [0.15, 0.2) is 6.10 Å². The van der Waals surface area contributed by atoms with Crippen molar-refractivity contribution in [3.05, 3.63) is 59.7 Å². The molecule has 1 fully saturated rings. The molecular formula is C19H19NO2. The van der Waals surface area contributed by atoms with Crippen molar-refractivity contribution in [3.63, 3.8) is 0 Å². The Bertz CT molecular complexity index is 679. The van der Waals surface area contributed by atoms with Crippen LogP contribution in [0.25, 0.3) is 11.1 Å². The highest BCUT2D eigenvalue weighted by Gasteiger charge is 2.34.